The Morgan fingerprint density at radius 3 is 2.70 bits per heavy atom. The van der Waals surface area contributed by atoms with E-state index in [1.807, 2.05) is 31.2 Å². The summed E-state index contributed by atoms with van der Waals surface area (Å²) in [5.74, 6) is -0.161. The molecule has 0 saturated heterocycles. The van der Waals surface area contributed by atoms with Gasteiger partial charge in [-0.05, 0) is 31.2 Å². The summed E-state index contributed by atoms with van der Waals surface area (Å²) in [5.41, 5.74) is 1.74. The largest absolute Gasteiger partial charge is 0.494 e. The van der Waals surface area contributed by atoms with E-state index in [1.54, 1.807) is 11.7 Å². The average Bonchev–Trinajstić information content (AvgIpc) is 2.80. The van der Waals surface area contributed by atoms with Gasteiger partial charge in [-0.25, -0.2) is 4.79 Å². The first kappa shape index (κ1) is 13.9. The summed E-state index contributed by atoms with van der Waals surface area (Å²) in [6, 6.07) is 7.52. The Morgan fingerprint density at radius 2 is 2.10 bits per heavy atom. The summed E-state index contributed by atoms with van der Waals surface area (Å²) in [4.78, 5) is 11.1. The number of rotatable bonds is 6. The molecule has 20 heavy (non-hydrogen) atoms. The van der Waals surface area contributed by atoms with Gasteiger partial charge in [-0.15, -0.1) is 0 Å². The molecule has 0 aliphatic heterocycles. The Hall–Kier alpha value is -2.50. The number of aryl methyl sites for hydroxylation is 1. The van der Waals surface area contributed by atoms with Crippen molar-refractivity contribution in [2.75, 3.05) is 11.9 Å². The van der Waals surface area contributed by atoms with Crippen molar-refractivity contribution >= 4 is 11.7 Å². The lowest BCUT2D eigenvalue weighted by molar-refractivity contribution is 0.0695. The number of nitrogens with one attached hydrogen (secondary N) is 1. The molecule has 6 nitrogen and oxygen atoms in total. The van der Waals surface area contributed by atoms with Crippen molar-refractivity contribution in [1.82, 2.24) is 9.78 Å². The molecule has 0 bridgehead atoms. The number of nitrogens with zero attached hydrogens (tertiary/aromatic N) is 2. The molecule has 2 aromatic rings. The molecule has 6 heteroatoms. The van der Waals surface area contributed by atoms with Gasteiger partial charge in [0.05, 0.1) is 25.0 Å². The highest BCUT2D eigenvalue weighted by Crippen LogP contribution is 2.17. The summed E-state index contributed by atoms with van der Waals surface area (Å²) in [5, 5.41) is 16.2. The third-order valence-corrected chi connectivity index (χ3v) is 2.92. The fourth-order valence-electron chi connectivity index (χ4n) is 1.87. The van der Waals surface area contributed by atoms with Crippen LogP contribution in [0.15, 0.2) is 30.5 Å². The second kappa shape index (κ2) is 6.10. The highest BCUT2D eigenvalue weighted by molar-refractivity contribution is 5.88. The molecule has 0 saturated carbocycles. The minimum atomic E-state index is -0.971. The average molecular weight is 275 g/mol. The second-order valence-corrected chi connectivity index (χ2v) is 4.24. The van der Waals surface area contributed by atoms with E-state index in [9.17, 15) is 4.79 Å². The predicted molar refractivity (Wildman–Crippen MR) is 75.1 cm³/mol. The highest BCUT2D eigenvalue weighted by Gasteiger charge is 2.14. The highest BCUT2D eigenvalue weighted by atomic mass is 16.5. The molecular formula is C14H17N3O3. The van der Waals surface area contributed by atoms with Gasteiger partial charge in [-0.2, -0.15) is 5.10 Å². The Balaban J connectivity index is 2.05. The Kier molecular flexibility index (Phi) is 4.24. The molecule has 0 unspecified atom stereocenters. The van der Waals surface area contributed by atoms with Crippen molar-refractivity contribution in [3.63, 3.8) is 0 Å². The number of ether oxygens (including phenoxy) is 1. The monoisotopic (exact) mass is 275 g/mol. The van der Waals surface area contributed by atoms with E-state index in [0.717, 1.165) is 11.4 Å². The van der Waals surface area contributed by atoms with Crippen LogP contribution in [0, 0.1) is 0 Å². The van der Waals surface area contributed by atoms with Crippen LogP contribution >= 0.6 is 0 Å². The zero-order valence-electron chi connectivity index (χ0n) is 11.5. The van der Waals surface area contributed by atoms with Crippen molar-refractivity contribution in [2.45, 2.75) is 13.5 Å². The molecule has 0 atom stereocenters. The van der Waals surface area contributed by atoms with Gasteiger partial charge in [0.15, 0.2) is 0 Å². The van der Waals surface area contributed by atoms with Gasteiger partial charge in [0.1, 0.15) is 11.3 Å². The molecule has 0 amide bonds. The van der Waals surface area contributed by atoms with Crippen LogP contribution in [0.2, 0.25) is 0 Å². The van der Waals surface area contributed by atoms with E-state index in [0.29, 0.717) is 18.8 Å². The third kappa shape index (κ3) is 3.09. The van der Waals surface area contributed by atoms with E-state index in [4.69, 9.17) is 9.84 Å². The topological polar surface area (TPSA) is 76.4 Å². The molecule has 0 aliphatic rings. The van der Waals surface area contributed by atoms with Gasteiger partial charge in [-0.3, -0.25) is 4.68 Å². The first-order valence-electron chi connectivity index (χ1n) is 6.32. The normalized spacial score (nSPS) is 10.3. The van der Waals surface area contributed by atoms with Gasteiger partial charge >= 0.3 is 5.97 Å². The molecular weight excluding hydrogens is 258 g/mol. The van der Waals surface area contributed by atoms with Gasteiger partial charge in [0.2, 0.25) is 0 Å². The molecule has 2 rings (SSSR count). The maximum Gasteiger partial charge on any atom is 0.339 e. The Labute approximate surface area is 117 Å². The number of carboxylic acid groups (broad SMARTS) is 1. The van der Waals surface area contributed by atoms with E-state index in [2.05, 4.69) is 10.4 Å². The number of benzene rings is 1. The van der Waals surface area contributed by atoms with Crippen LogP contribution in [0.25, 0.3) is 0 Å². The van der Waals surface area contributed by atoms with Crippen LogP contribution in [0.1, 0.15) is 23.0 Å². The fourth-order valence-corrected chi connectivity index (χ4v) is 1.87. The van der Waals surface area contributed by atoms with Gasteiger partial charge in [-0.1, -0.05) is 0 Å². The quantitative estimate of drug-likeness (QED) is 0.844. The van der Waals surface area contributed by atoms with Gasteiger partial charge < -0.3 is 15.2 Å². The smallest absolute Gasteiger partial charge is 0.339 e. The lowest BCUT2D eigenvalue weighted by Crippen LogP contribution is -2.10. The van der Waals surface area contributed by atoms with E-state index in [-0.39, 0.29) is 5.56 Å². The SMILES string of the molecule is CCOc1ccc(NCc2c(C(=O)O)cnn2C)cc1. The molecule has 106 valence electrons. The Bertz CT molecular complexity index is 590. The van der Waals surface area contributed by atoms with Crippen LogP contribution in [0.4, 0.5) is 5.69 Å². The second-order valence-electron chi connectivity index (χ2n) is 4.24. The minimum Gasteiger partial charge on any atom is -0.494 e. The van der Waals surface area contributed by atoms with Crippen molar-refractivity contribution < 1.29 is 14.6 Å². The summed E-state index contributed by atoms with van der Waals surface area (Å²) < 4.78 is 6.92. The lowest BCUT2D eigenvalue weighted by Gasteiger charge is -2.09. The molecule has 0 aliphatic carbocycles. The number of carboxylic acids is 1. The number of aromatic nitrogens is 2. The number of hydrogen-bond acceptors (Lipinski definition) is 4. The molecule has 1 aromatic heterocycles. The lowest BCUT2D eigenvalue weighted by atomic mass is 10.2. The van der Waals surface area contributed by atoms with Crippen LogP contribution in [-0.2, 0) is 13.6 Å². The van der Waals surface area contributed by atoms with E-state index >= 15 is 0 Å². The molecule has 2 N–H and O–H groups in total. The van der Waals surface area contributed by atoms with Crippen molar-refractivity contribution in [1.29, 1.82) is 0 Å². The summed E-state index contributed by atoms with van der Waals surface area (Å²) in [7, 11) is 1.72. The maximum absolute atomic E-state index is 11.1. The number of carbonyl (C=O) groups is 1. The molecule has 0 radical (unpaired) electrons. The molecule has 0 fully saturated rings. The first-order valence-corrected chi connectivity index (χ1v) is 6.32. The fraction of sp³-hybridized carbons (Fsp3) is 0.286. The predicted octanol–water partition coefficient (Wildman–Crippen LogP) is 2.13. The van der Waals surface area contributed by atoms with E-state index in [1.165, 1.54) is 6.20 Å². The zero-order chi connectivity index (χ0) is 14.5. The van der Waals surface area contributed by atoms with Crippen LogP contribution in [0.3, 0.4) is 0 Å². The zero-order valence-corrected chi connectivity index (χ0v) is 11.5. The third-order valence-electron chi connectivity index (χ3n) is 2.92. The summed E-state index contributed by atoms with van der Waals surface area (Å²) in [6.07, 6.45) is 1.36. The maximum atomic E-state index is 11.1. The van der Waals surface area contributed by atoms with Crippen LogP contribution in [-0.4, -0.2) is 27.5 Å². The van der Waals surface area contributed by atoms with Gasteiger partial charge in [0.25, 0.3) is 0 Å². The van der Waals surface area contributed by atoms with Crippen molar-refractivity contribution in [2.24, 2.45) is 7.05 Å². The number of hydrogen-bond donors (Lipinski definition) is 2. The van der Waals surface area contributed by atoms with E-state index < -0.39 is 5.97 Å². The summed E-state index contributed by atoms with van der Waals surface area (Å²) in [6.45, 7) is 2.96. The van der Waals surface area contributed by atoms with Crippen molar-refractivity contribution in [3.8, 4) is 5.75 Å². The molecule has 0 spiro atoms. The summed E-state index contributed by atoms with van der Waals surface area (Å²) >= 11 is 0. The van der Waals surface area contributed by atoms with Crippen LogP contribution < -0.4 is 10.1 Å². The van der Waals surface area contributed by atoms with Gasteiger partial charge in [0, 0.05) is 12.7 Å². The number of anilines is 1. The Morgan fingerprint density at radius 1 is 1.40 bits per heavy atom. The first-order chi connectivity index (χ1) is 9.61. The van der Waals surface area contributed by atoms with Crippen molar-refractivity contribution in [3.05, 3.63) is 41.7 Å². The van der Waals surface area contributed by atoms with Crippen LogP contribution in [0.5, 0.6) is 5.75 Å². The standard InChI is InChI=1S/C14H17N3O3/c1-3-20-11-6-4-10(5-7-11)15-9-13-12(14(18)19)8-16-17(13)2/h4-8,15H,3,9H2,1-2H3,(H,18,19). The number of aromatic carboxylic acids is 1. The minimum absolute atomic E-state index is 0.214. The molecule has 1 aromatic carbocycles. The molecule has 1 heterocycles.